The first-order chi connectivity index (χ1) is 19.6. The summed E-state index contributed by atoms with van der Waals surface area (Å²) >= 11 is 6.69. The lowest BCUT2D eigenvalue weighted by Gasteiger charge is -2.34. The zero-order valence-corrected chi connectivity index (χ0v) is 23.9. The Balaban J connectivity index is 1.27. The van der Waals surface area contributed by atoms with Crippen molar-refractivity contribution in [2.24, 2.45) is 0 Å². The molecule has 3 aliphatic rings. The van der Waals surface area contributed by atoms with E-state index in [0.717, 1.165) is 56.1 Å². The Morgan fingerprint density at radius 2 is 1.70 bits per heavy atom. The predicted molar refractivity (Wildman–Crippen MR) is 164 cm³/mol. The number of aromatic nitrogens is 2. The SMILES string of the molecule is Fc1c(/C=C/C=C\c2ccccc2)c(Cl)cc2c(N3CC4CCC(C3)N4)nc(CCCCN3CCCCC3)nc12. The number of anilines is 1. The quantitative estimate of drug-likeness (QED) is 0.228. The number of halogens is 2. The first-order valence-electron chi connectivity index (χ1n) is 15.0. The molecule has 3 aromatic rings. The Bertz CT molecular complexity index is 1360. The summed E-state index contributed by atoms with van der Waals surface area (Å²) in [5, 5.41) is 4.78. The van der Waals surface area contributed by atoms with Crippen LogP contribution in [-0.2, 0) is 6.42 Å². The van der Waals surface area contributed by atoms with Crippen molar-refractivity contribution >= 4 is 40.5 Å². The van der Waals surface area contributed by atoms with Crippen LogP contribution in [0.4, 0.5) is 10.2 Å². The maximum atomic E-state index is 16.1. The Kier molecular flexibility index (Phi) is 8.76. The van der Waals surface area contributed by atoms with Crippen molar-refractivity contribution in [3.8, 4) is 0 Å². The van der Waals surface area contributed by atoms with E-state index in [-0.39, 0.29) is 5.82 Å². The third-order valence-corrected chi connectivity index (χ3v) is 8.81. The summed E-state index contributed by atoms with van der Waals surface area (Å²) in [6.45, 7) is 5.30. The second kappa shape index (κ2) is 12.8. The molecule has 7 heteroatoms. The molecule has 2 atom stereocenters. The topological polar surface area (TPSA) is 44.3 Å². The fourth-order valence-corrected chi connectivity index (χ4v) is 6.65. The lowest BCUT2D eigenvalue weighted by atomic mass is 10.1. The van der Waals surface area contributed by atoms with Crippen LogP contribution in [-0.4, -0.2) is 59.7 Å². The molecule has 0 radical (unpaired) electrons. The van der Waals surface area contributed by atoms with Gasteiger partial charge in [-0.3, -0.25) is 0 Å². The first-order valence-corrected chi connectivity index (χ1v) is 15.3. The van der Waals surface area contributed by atoms with Gasteiger partial charge >= 0.3 is 0 Å². The third-order valence-electron chi connectivity index (χ3n) is 8.50. The van der Waals surface area contributed by atoms with Gasteiger partial charge in [-0.1, -0.05) is 72.7 Å². The highest BCUT2D eigenvalue weighted by Crippen LogP contribution is 2.35. The highest BCUT2D eigenvalue weighted by Gasteiger charge is 2.34. The summed E-state index contributed by atoms with van der Waals surface area (Å²) < 4.78 is 16.1. The minimum absolute atomic E-state index is 0.368. The zero-order chi connectivity index (χ0) is 27.3. The average molecular weight is 560 g/mol. The Morgan fingerprint density at radius 1 is 0.950 bits per heavy atom. The molecule has 2 bridgehead atoms. The fourth-order valence-electron chi connectivity index (χ4n) is 6.40. The van der Waals surface area contributed by atoms with Crippen LogP contribution in [0.2, 0.25) is 5.02 Å². The lowest BCUT2D eigenvalue weighted by molar-refractivity contribution is 0.225. The number of unbranched alkanes of at least 4 members (excludes halogenated alkanes) is 1. The molecular formula is C33H39ClFN5. The summed E-state index contributed by atoms with van der Waals surface area (Å²) in [4.78, 5) is 14.7. The van der Waals surface area contributed by atoms with Gasteiger partial charge in [-0.25, -0.2) is 14.4 Å². The molecule has 2 aromatic carbocycles. The molecular weight excluding hydrogens is 521 g/mol. The third kappa shape index (κ3) is 6.40. The van der Waals surface area contributed by atoms with Crippen molar-refractivity contribution in [3.63, 3.8) is 0 Å². The van der Waals surface area contributed by atoms with Crippen LogP contribution in [0.25, 0.3) is 23.1 Å². The van der Waals surface area contributed by atoms with Gasteiger partial charge in [-0.2, -0.15) is 0 Å². The largest absolute Gasteiger partial charge is 0.353 e. The van der Waals surface area contributed by atoms with Crippen molar-refractivity contribution in [1.29, 1.82) is 0 Å². The lowest BCUT2D eigenvalue weighted by Crippen LogP contribution is -2.51. The summed E-state index contributed by atoms with van der Waals surface area (Å²) in [5.74, 6) is 1.19. The number of piperazine rings is 1. The number of allylic oxidation sites excluding steroid dienone is 2. The van der Waals surface area contributed by atoms with Gasteiger partial charge in [0.05, 0.1) is 5.02 Å². The maximum Gasteiger partial charge on any atom is 0.158 e. The zero-order valence-electron chi connectivity index (χ0n) is 23.2. The molecule has 0 aliphatic carbocycles. The number of hydrogen-bond acceptors (Lipinski definition) is 5. The Morgan fingerprint density at radius 3 is 2.48 bits per heavy atom. The van der Waals surface area contributed by atoms with Crippen LogP contribution >= 0.6 is 11.6 Å². The number of piperidine rings is 1. The number of fused-ring (bicyclic) bond motifs is 3. The van der Waals surface area contributed by atoms with Gasteiger partial charge in [0, 0.05) is 42.5 Å². The second-order valence-electron chi connectivity index (χ2n) is 11.5. The molecule has 3 saturated heterocycles. The standard InChI is InChI=1S/C33H39ClFN5/c34-29-21-28-32(31(35)27(29)14-6-5-13-24-11-3-1-4-12-24)37-30(15-7-10-20-39-18-8-2-9-19-39)38-33(28)40-22-25-16-17-26(23-40)36-25/h1,3-6,11-14,21,25-26,36H,2,7-10,15-20,22-23H2/b13-5-,14-6+. The van der Waals surface area contributed by atoms with Gasteiger partial charge in [0.2, 0.25) is 0 Å². The van der Waals surface area contributed by atoms with Crippen molar-refractivity contribution in [3.05, 3.63) is 76.3 Å². The summed E-state index contributed by atoms with van der Waals surface area (Å²) in [6, 6.07) is 12.8. The van der Waals surface area contributed by atoms with Crippen molar-refractivity contribution in [2.45, 2.75) is 63.5 Å². The van der Waals surface area contributed by atoms with Crippen LogP contribution in [0.1, 0.15) is 61.9 Å². The molecule has 5 nitrogen and oxygen atoms in total. The van der Waals surface area contributed by atoms with E-state index >= 15 is 4.39 Å². The van der Waals surface area contributed by atoms with E-state index in [4.69, 9.17) is 21.6 Å². The number of benzene rings is 2. The second-order valence-corrected chi connectivity index (χ2v) is 11.9. The van der Waals surface area contributed by atoms with Crippen LogP contribution in [0.3, 0.4) is 0 Å². The van der Waals surface area contributed by atoms with Gasteiger partial charge in [0.1, 0.15) is 17.2 Å². The van der Waals surface area contributed by atoms with E-state index in [1.807, 2.05) is 54.6 Å². The maximum absolute atomic E-state index is 16.1. The molecule has 40 heavy (non-hydrogen) atoms. The van der Waals surface area contributed by atoms with Gasteiger partial charge in [0.15, 0.2) is 5.82 Å². The number of aryl methyl sites for hydroxylation is 1. The minimum atomic E-state index is -0.372. The number of hydrogen-bond donors (Lipinski definition) is 1. The van der Waals surface area contributed by atoms with Crippen molar-refractivity contribution < 1.29 is 4.39 Å². The minimum Gasteiger partial charge on any atom is -0.353 e. The molecule has 3 aliphatic heterocycles. The highest BCUT2D eigenvalue weighted by molar-refractivity contribution is 6.33. The molecule has 0 amide bonds. The van der Waals surface area contributed by atoms with E-state index in [1.54, 1.807) is 6.08 Å². The summed E-state index contributed by atoms with van der Waals surface area (Å²) in [5.41, 5.74) is 1.83. The van der Waals surface area contributed by atoms with E-state index in [9.17, 15) is 0 Å². The monoisotopic (exact) mass is 559 g/mol. The molecule has 6 rings (SSSR count). The van der Waals surface area contributed by atoms with E-state index in [0.29, 0.717) is 33.6 Å². The predicted octanol–water partition coefficient (Wildman–Crippen LogP) is 6.90. The number of likely N-dealkylation sites (tertiary alicyclic amines) is 1. The van der Waals surface area contributed by atoms with Gasteiger partial charge in [0.25, 0.3) is 0 Å². The Hall–Kier alpha value is -2.80. The Labute approximate surface area is 242 Å². The molecule has 0 spiro atoms. The van der Waals surface area contributed by atoms with Gasteiger partial charge < -0.3 is 15.1 Å². The van der Waals surface area contributed by atoms with Gasteiger partial charge in [-0.05, 0) is 69.8 Å². The fraction of sp³-hybridized carbons (Fsp3) is 0.455. The number of rotatable bonds is 9. The van der Waals surface area contributed by atoms with Gasteiger partial charge in [-0.15, -0.1) is 0 Å². The van der Waals surface area contributed by atoms with Crippen molar-refractivity contribution in [2.75, 3.05) is 37.6 Å². The molecule has 0 saturated carbocycles. The molecule has 1 aromatic heterocycles. The molecule has 1 N–H and O–H groups in total. The van der Waals surface area contributed by atoms with Crippen LogP contribution in [0.5, 0.6) is 0 Å². The smallest absolute Gasteiger partial charge is 0.158 e. The number of nitrogens with one attached hydrogen (secondary N) is 1. The molecule has 210 valence electrons. The highest BCUT2D eigenvalue weighted by atomic mass is 35.5. The van der Waals surface area contributed by atoms with Crippen LogP contribution in [0.15, 0.2) is 48.6 Å². The van der Waals surface area contributed by atoms with E-state index in [1.165, 1.54) is 45.2 Å². The normalized spacial score (nSPS) is 21.8. The van der Waals surface area contributed by atoms with E-state index in [2.05, 4.69) is 15.1 Å². The average Bonchev–Trinajstić information content (AvgIpc) is 3.32. The van der Waals surface area contributed by atoms with Crippen LogP contribution < -0.4 is 10.2 Å². The van der Waals surface area contributed by atoms with Crippen molar-refractivity contribution in [1.82, 2.24) is 20.2 Å². The molecule has 3 fully saturated rings. The molecule has 4 heterocycles. The van der Waals surface area contributed by atoms with Crippen LogP contribution in [0, 0.1) is 5.82 Å². The molecule has 2 unspecified atom stereocenters. The summed E-state index contributed by atoms with van der Waals surface area (Å²) in [6.07, 6.45) is 16.7. The van der Waals surface area contributed by atoms with E-state index < -0.39 is 0 Å². The summed E-state index contributed by atoms with van der Waals surface area (Å²) in [7, 11) is 0. The number of nitrogens with zero attached hydrogens (tertiary/aromatic N) is 4. The first kappa shape index (κ1) is 27.4.